The molecule has 1 aromatic carbocycles. The third kappa shape index (κ3) is 6.35. The second-order valence-electron chi connectivity index (χ2n) is 6.63. The standard InChI is InChI=1S/C19H27N5S/c1-15-6-3-4-7-18(15)22-19(25)23-21-14-16-8-10-17(11-9-16)24(2)13-5-12-20/h8-11,14-15,18H,3-7,13H2,1-2H3,(H2,22,23,25)/b21-14-/t15-,18+/m0/s1. The van der Waals surface area contributed by atoms with Gasteiger partial charge in [-0.25, -0.2) is 0 Å². The Labute approximate surface area is 156 Å². The van der Waals surface area contributed by atoms with Crippen LogP contribution in [0.4, 0.5) is 5.69 Å². The van der Waals surface area contributed by atoms with E-state index in [9.17, 15) is 0 Å². The average Bonchev–Trinajstić information content (AvgIpc) is 2.62. The summed E-state index contributed by atoms with van der Waals surface area (Å²) in [6.45, 7) is 3.00. The smallest absolute Gasteiger partial charge is 0.187 e. The van der Waals surface area contributed by atoms with Crippen molar-refractivity contribution in [2.45, 2.75) is 45.1 Å². The van der Waals surface area contributed by atoms with Crippen molar-refractivity contribution < 1.29 is 0 Å². The van der Waals surface area contributed by atoms with Crippen LogP contribution in [0.2, 0.25) is 0 Å². The number of nitriles is 1. The molecular weight excluding hydrogens is 330 g/mol. The van der Waals surface area contributed by atoms with E-state index in [0.29, 0.717) is 23.5 Å². The monoisotopic (exact) mass is 357 g/mol. The minimum Gasteiger partial charge on any atom is -0.374 e. The maximum Gasteiger partial charge on any atom is 0.187 e. The fourth-order valence-electron chi connectivity index (χ4n) is 3.06. The molecule has 2 rings (SSSR count). The predicted molar refractivity (Wildman–Crippen MR) is 108 cm³/mol. The highest BCUT2D eigenvalue weighted by molar-refractivity contribution is 7.80. The Balaban J connectivity index is 1.79. The van der Waals surface area contributed by atoms with E-state index in [1.807, 2.05) is 31.3 Å². The Bertz CT molecular complexity index is 620. The second-order valence-corrected chi connectivity index (χ2v) is 7.04. The summed E-state index contributed by atoms with van der Waals surface area (Å²) < 4.78 is 0. The van der Waals surface area contributed by atoms with Gasteiger partial charge in [-0.2, -0.15) is 10.4 Å². The van der Waals surface area contributed by atoms with E-state index >= 15 is 0 Å². The van der Waals surface area contributed by atoms with Gasteiger partial charge in [0.1, 0.15) is 0 Å². The van der Waals surface area contributed by atoms with Crippen LogP contribution < -0.4 is 15.6 Å². The molecule has 0 spiro atoms. The van der Waals surface area contributed by atoms with Crippen molar-refractivity contribution in [2.24, 2.45) is 11.0 Å². The van der Waals surface area contributed by atoms with Gasteiger partial charge in [0.15, 0.2) is 5.11 Å². The molecule has 0 bridgehead atoms. The zero-order valence-corrected chi connectivity index (χ0v) is 15.9. The first-order chi connectivity index (χ1) is 12.1. The average molecular weight is 358 g/mol. The number of anilines is 1. The SMILES string of the molecule is C[C@H]1CCCC[C@H]1NC(=S)N/N=C\c1ccc(N(C)CCC#N)cc1. The molecule has 25 heavy (non-hydrogen) atoms. The van der Waals surface area contributed by atoms with Gasteiger partial charge < -0.3 is 10.2 Å². The zero-order valence-electron chi connectivity index (χ0n) is 15.0. The van der Waals surface area contributed by atoms with Crippen molar-refractivity contribution in [3.05, 3.63) is 29.8 Å². The van der Waals surface area contributed by atoms with E-state index in [2.05, 4.69) is 33.7 Å². The van der Waals surface area contributed by atoms with Crippen LogP contribution >= 0.6 is 12.2 Å². The number of hydrogen-bond donors (Lipinski definition) is 2. The van der Waals surface area contributed by atoms with Gasteiger partial charge in [0.25, 0.3) is 0 Å². The molecule has 0 aromatic heterocycles. The molecule has 5 nitrogen and oxygen atoms in total. The fourth-order valence-corrected chi connectivity index (χ4v) is 3.26. The first-order valence-corrected chi connectivity index (χ1v) is 9.28. The van der Waals surface area contributed by atoms with E-state index < -0.39 is 0 Å². The summed E-state index contributed by atoms with van der Waals surface area (Å²) in [5, 5.41) is 16.8. The summed E-state index contributed by atoms with van der Waals surface area (Å²) in [6.07, 6.45) is 7.31. The van der Waals surface area contributed by atoms with Gasteiger partial charge in [0.2, 0.25) is 0 Å². The quantitative estimate of drug-likeness (QED) is 0.464. The Morgan fingerprint density at radius 1 is 1.36 bits per heavy atom. The van der Waals surface area contributed by atoms with Gasteiger partial charge in [-0.05, 0) is 48.7 Å². The molecule has 6 heteroatoms. The van der Waals surface area contributed by atoms with Crippen molar-refractivity contribution >= 4 is 29.2 Å². The number of rotatable bonds is 6. The van der Waals surface area contributed by atoms with Crippen LogP contribution in [0.1, 0.15) is 44.6 Å². The minimum absolute atomic E-state index is 0.451. The lowest BCUT2D eigenvalue weighted by Gasteiger charge is -2.30. The molecule has 134 valence electrons. The number of hydrazone groups is 1. The van der Waals surface area contributed by atoms with Gasteiger partial charge in [-0.15, -0.1) is 0 Å². The number of nitrogens with zero attached hydrogens (tertiary/aromatic N) is 3. The highest BCUT2D eigenvalue weighted by atomic mass is 32.1. The third-order valence-electron chi connectivity index (χ3n) is 4.70. The number of benzene rings is 1. The van der Waals surface area contributed by atoms with Gasteiger partial charge in [0, 0.05) is 25.3 Å². The summed E-state index contributed by atoms with van der Waals surface area (Å²) in [4.78, 5) is 2.06. The highest BCUT2D eigenvalue weighted by Crippen LogP contribution is 2.23. The van der Waals surface area contributed by atoms with Crippen molar-refractivity contribution in [3.8, 4) is 6.07 Å². The van der Waals surface area contributed by atoms with E-state index in [1.54, 1.807) is 6.21 Å². The summed E-state index contributed by atoms with van der Waals surface area (Å²) >= 11 is 5.33. The van der Waals surface area contributed by atoms with Gasteiger partial charge >= 0.3 is 0 Å². The molecule has 0 unspecified atom stereocenters. The first kappa shape index (κ1) is 19.2. The normalized spacial score (nSPS) is 20.0. The summed E-state index contributed by atoms with van der Waals surface area (Å²) in [5.41, 5.74) is 4.99. The largest absolute Gasteiger partial charge is 0.374 e. The summed E-state index contributed by atoms with van der Waals surface area (Å²) in [7, 11) is 1.98. The fraction of sp³-hybridized carbons (Fsp3) is 0.526. The molecule has 1 saturated carbocycles. The lowest BCUT2D eigenvalue weighted by Crippen LogP contribution is -2.44. The minimum atomic E-state index is 0.451. The maximum absolute atomic E-state index is 8.65. The van der Waals surface area contributed by atoms with Crippen molar-refractivity contribution in [3.63, 3.8) is 0 Å². The number of hydrogen-bond acceptors (Lipinski definition) is 4. The van der Waals surface area contributed by atoms with Crippen molar-refractivity contribution in [1.82, 2.24) is 10.7 Å². The van der Waals surface area contributed by atoms with Gasteiger partial charge in [0.05, 0.1) is 18.7 Å². The second kappa shape index (κ2) is 10.00. The molecule has 0 heterocycles. The van der Waals surface area contributed by atoms with Crippen molar-refractivity contribution in [2.75, 3.05) is 18.5 Å². The highest BCUT2D eigenvalue weighted by Gasteiger charge is 2.21. The van der Waals surface area contributed by atoms with Crippen LogP contribution in [0.25, 0.3) is 0 Å². The third-order valence-corrected chi connectivity index (χ3v) is 4.91. The molecule has 1 fully saturated rings. The van der Waals surface area contributed by atoms with E-state index in [0.717, 1.165) is 17.8 Å². The van der Waals surface area contributed by atoms with Crippen molar-refractivity contribution in [1.29, 1.82) is 5.26 Å². The Morgan fingerprint density at radius 2 is 2.08 bits per heavy atom. The van der Waals surface area contributed by atoms with Crippen LogP contribution in [0.3, 0.4) is 0 Å². The van der Waals surface area contributed by atoms with Gasteiger partial charge in [-0.3, -0.25) is 5.43 Å². The van der Waals surface area contributed by atoms with E-state index in [4.69, 9.17) is 17.5 Å². The molecule has 1 aromatic rings. The molecule has 2 N–H and O–H groups in total. The molecule has 0 aliphatic heterocycles. The van der Waals surface area contributed by atoms with Crippen LogP contribution in [0.15, 0.2) is 29.4 Å². The molecule has 2 atom stereocenters. The number of nitrogens with one attached hydrogen (secondary N) is 2. The lowest BCUT2D eigenvalue weighted by atomic mass is 9.86. The summed E-state index contributed by atoms with van der Waals surface area (Å²) in [6, 6.07) is 10.7. The maximum atomic E-state index is 8.65. The predicted octanol–water partition coefficient (Wildman–Crippen LogP) is 3.41. The van der Waals surface area contributed by atoms with Crippen LogP contribution in [-0.4, -0.2) is 31.0 Å². The molecule has 0 amide bonds. The molecule has 1 aliphatic rings. The Morgan fingerprint density at radius 3 is 2.76 bits per heavy atom. The zero-order chi connectivity index (χ0) is 18.1. The Hall–Kier alpha value is -2.13. The van der Waals surface area contributed by atoms with Crippen LogP contribution in [0, 0.1) is 17.2 Å². The topological polar surface area (TPSA) is 63.5 Å². The van der Waals surface area contributed by atoms with Crippen LogP contribution in [0.5, 0.6) is 0 Å². The summed E-state index contributed by atoms with van der Waals surface area (Å²) in [5.74, 6) is 0.656. The molecule has 1 aliphatic carbocycles. The van der Waals surface area contributed by atoms with E-state index in [1.165, 1.54) is 25.7 Å². The van der Waals surface area contributed by atoms with Gasteiger partial charge in [-0.1, -0.05) is 31.9 Å². The van der Waals surface area contributed by atoms with Crippen LogP contribution in [-0.2, 0) is 0 Å². The Kier molecular flexibility index (Phi) is 7.68. The molecule has 0 saturated heterocycles. The number of thiocarbonyl (C=S) groups is 1. The van der Waals surface area contributed by atoms with E-state index in [-0.39, 0.29) is 0 Å². The molecular formula is C19H27N5S. The lowest BCUT2D eigenvalue weighted by molar-refractivity contribution is 0.308. The first-order valence-electron chi connectivity index (χ1n) is 8.88. The molecule has 0 radical (unpaired) electrons.